The summed E-state index contributed by atoms with van der Waals surface area (Å²) < 4.78 is 16.5. The van der Waals surface area contributed by atoms with E-state index in [0.29, 0.717) is 41.5 Å². The number of benzene rings is 2. The average molecular weight is 397 g/mol. The highest BCUT2D eigenvalue weighted by Gasteiger charge is 2.39. The number of nitrogens with zero attached hydrogens (tertiary/aromatic N) is 2. The van der Waals surface area contributed by atoms with Gasteiger partial charge in [0.05, 0.1) is 28.2 Å². The number of anilines is 1. The first-order valence-corrected chi connectivity index (χ1v) is 9.48. The maximum atomic E-state index is 13.3. The normalized spacial score (nSPS) is 22.3. The SMILES string of the molecule is O=C1c2ccccc2N[C@H](c2cc3c(cc2[N+](=O)[O-])OCO3)N1C[C@H]1CCCO1. The van der Waals surface area contributed by atoms with Crippen molar-refractivity contribution in [3.8, 4) is 11.5 Å². The van der Waals surface area contributed by atoms with Crippen molar-refractivity contribution >= 4 is 17.3 Å². The molecule has 9 heteroatoms. The Bertz CT molecular complexity index is 988. The van der Waals surface area contributed by atoms with Crippen LogP contribution in [0.3, 0.4) is 0 Å². The molecule has 0 radical (unpaired) electrons. The second kappa shape index (κ2) is 6.93. The molecule has 3 aliphatic rings. The summed E-state index contributed by atoms with van der Waals surface area (Å²) in [6.45, 7) is 1.01. The molecule has 2 aromatic carbocycles. The lowest BCUT2D eigenvalue weighted by atomic mass is 10.0. The monoisotopic (exact) mass is 397 g/mol. The molecule has 1 fully saturated rings. The van der Waals surface area contributed by atoms with Gasteiger partial charge in [0, 0.05) is 18.8 Å². The number of carbonyl (C=O) groups is 1. The van der Waals surface area contributed by atoms with E-state index < -0.39 is 11.1 Å². The highest BCUT2D eigenvalue weighted by Crippen LogP contribution is 2.43. The molecule has 9 nitrogen and oxygen atoms in total. The molecule has 2 atom stereocenters. The average Bonchev–Trinajstić information content (AvgIpc) is 3.40. The van der Waals surface area contributed by atoms with Crippen molar-refractivity contribution in [1.82, 2.24) is 4.90 Å². The van der Waals surface area contributed by atoms with Gasteiger partial charge in [0.25, 0.3) is 11.6 Å². The smallest absolute Gasteiger partial charge is 0.280 e. The maximum absolute atomic E-state index is 13.3. The van der Waals surface area contributed by atoms with Crippen LogP contribution in [0.25, 0.3) is 0 Å². The van der Waals surface area contributed by atoms with E-state index in [2.05, 4.69) is 5.32 Å². The standard InChI is InChI=1S/C20H19N3O6/c24-20-13-5-1-2-6-15(13)21-19(22(20)10-12-4-3-7-27-12)14-8-17-18(29-11-28-17)9-16(14)23(25)26/h1-2,5-6,8-9,12,19,21H,3-4,7,10-11H2/t12-,19+/m1/s1. The van der Waals surface area contributed by atoms with Crippen molar-refractivity contribution < 1.29 is 23.9 Å². The van der Waals surface area contributed by atoms with Crippen LogP contribution in [-0.4, -0.2) is 41.8 Å². The fraction of sp³-hybridized carbons (Fsp3) is 0.350. The van der Waals surface area contributed by atoms with E-state index in [4.69, 9.17) is 14.2 Å². The zero-order valence-electron chi connectivity index (χ0n) is 15.5. The van der Waals surface area contributed by atoms with Crippen LogP contribution in [0, 0.1) is 10.1 Å². The van der Waals surface area contributed by atoms with E-state index in [1.165, 1.54) is 6.07 Å². The molecule has 0 unspecified atom stereocenters. The minimum absolute atomic E-state index is 0.00935. The number of fused-ring (bicyclic) bond motifs is 2. The Kier molecular flexibility index (Phi) is 4.24. The minimum Gasteiger partial charge on any atom is -0.454 e. The number of nitro benzene ring substituents is 1. The Morgan fingerprint density at radius 3 is 2.76 bits per heavy atom. The van der Waals surface area contributed by atoms with Crippen LogP contribution in [0.5, 0.6) is 11.5 Å². The predicted octanol–water partition coefficient (Wildman–Crippen LogP) is 3.07. The van der Waals surface area contributed by atoms with Gasteiger partial charge in [-0.3, -0.25) is 14.9 Å². The fourth-order valence-electron chi connectivity index (χ4n) is 4.06. The van der Waals surface area contributed by atoms with Gasteiger partial charge < -0.3 is 24.4 Å². The number of ether oxygens (including phenoxy) is 3. The van der Waals surface area contributed by atoms with Gasteiger partial charge in [-0.2, -0.15) is 0 Å². The molecule has 150 valence electrons. The topological polar surface area (TPSA) is 103 Å². The number of amides is 1. The van der Waals surface area contributed by atoms with Gasteiger partial charge in [-0.15, -0.1) is 0 Å². The van der Waals surface area contributed by atoms with E-state index in [1.807, 2.05) is 6.07 Å². The van der Waals surface area contributed by atoms with Crippen molar-refractivity contribution in [1.29, 1.82) is 0 Å². The van der Waals surface area contributed by atoms with E-state index >= 15 is 0 Å². The van der Waals surface area contributed by atoms with Gasteiger partial charge in [0.2, 0.25) is 6.79 Å². The Morgan fingerprint density at radius 1 is 1.21 bits per heavy atom. The molecule has 1 saturated heterocycles. The number of hydrogen-bond donors (Lipinski definition) is 1. The lowest BCUT2D eigenvalue weighted by Crippen LogP contribution is -2.46. The van der Waals surface area contributed by atoms with Gasteiger partial charge >= 0.3 is 0 Å². The molecule has 0 saturated carbocycles. The summed E-state index contributed by atoms with van der Waals surface area (Å²) in [6.07, 6.45) is 0.963. The number of hydrogen-bond acceptors (Lipinski definition) is 7. The van der Waals surface area contributed by atoms with Gasteiger partial charge in [0.1, 0.15) is 6.17 Å². The molecule has 29 heavy (non-hydrogen) atoms. The van der Waals surface area contributed by atoms with E-state index in [1.54, 1.807) is 29.2 Å². The Morgan fingerprint density at radius 2 is 2.00 bits per heavy atom. The summed E-state index contributed by atoms with van der Waals surface area (Å²) in [5.41, 5.74) is 1.39. The predicted molar refractivity (Wildman–Crippen MR) is 102 cm³/mol. The lowest BCUT2D eigenvalue weighted by Gasteiger charge is -2.39. The van der Waals surface area contributed by atoms with Crippen LogP contribution in [0.2, 0.25) is 0 Å². The van der Waals surface area contributed by atoms with Crippen LogP contribution >= 0.6 is 0 Å². The maximum Gasteiger partial charge on any atom is 0.280 e. The van der Waals surface area contributed by atoms with Gasteiger partial charge in [-0.1, -0.05) is 12.1 Å². The molecule has 0 aromatic heterocycles. The largest absolute Gasteiger partial charge is 0.454 e. The first-order chi connectivity index (χ1) is 14.1. The second-order valence-corrected chi connectivity index (χ2v) is 7.21. The van der Waals surface area contributed by atoms with Crippen LogP contribution in [0.1, 0.15) is 34.9 Å². The molecule has 2 aromatic rings. The molecule has 0 bridgehead atoms. The van der Waals surface area contributed by atoms with Crippen LogP contribution in [-0.2, 0) is 4.74 Å². The lowest BCUT2D eigenvalue weighted by molar-refractivity contribution is -0.385. The fourth-order valence-corrected chi connectivity index (χ4v) is 4.06. The second-order valence-electron chi connectivity index (χ2n) is 7.21. The minimum atomic E-state index is -0.725. The Hall–Kier alpha value is -3.33. The third kappa shape index (κ3) is 3.03. The molecular weight excluding hydrogens is 378 g/mol. The van der Waals surface area contributed by atoms with Gasteiger partial charge in [0.15, 0.2) is 11.5 Å². The number of carbonyl (C=O) groups excluding carboxylic acids is 1. The molecule has 3 heterocycles. The molecule has 1 N–H and O–H groups in total. The van der Waals surface area contributed by atoms with Crippen LogP contribution in [0.15, 0.2) is 36.4 Å². The molecule has 0 spiro atoms. The third-order valence-corrected chi connectivity index (χ3v) is 5.46. The summed E-state index contributed by atoms with van der Waals surface area (Å²) in [4.78, 5) is 26.3. The van der Waals surface area contributed by atoms with E-state index in [-0.39, 0.29) is 24.5 Å². The summed E-state index contributed by atoms with van der Waals surface area (Å²) >= 11 is 0. The van der Waals surface area contributed by atoms with Crippen molar-refractivity contribution in [2.24, 2.45) is 0 Å². The summed E-state index contributed by atoms with van der Waals surface area (Å²) in [6, 6.07) is 10.1. The number of para-hydroxylation sites is 1. The number of rotatable bonds is 4. The van der Waals surface area contributed by atoms with Crippen LogP contribution < -0.4 is 14.8 Å². The molecular formula is C20H19N3O6. The molecule has 3 aliphatic heterocycles. The Labute approximate surface area is 166 Å². The van der Waals surface area contributed by atoms with Crippen LogP contribution in [0.4, 0.5) is 11.4 Å². The first kappa shape index (κ1) is 17.7. The van der Waals surface area contributed by atoms with E-state index in [0.717, 1.165) is 12.8 Å². The number of nitrogens with one attached hydrogen (secondary N) is 1. The summed E-state index contributed by atoms with van der Waals surface area (Å²) in [5, 5.41) is 15.1. The van der Waals surface area contributed by atoms with Crippen molar-refractivity contribution in [2.45, 2.75) is 25.1 Å². The van der Waals surface area contributed by atoms with Crippen molar-refractivity contribution in [3.05, 3.63) is 57.6 Å². The van der Waals surface area contributed by atoms with Crippen molar-refractivity contribution in [2.75, 3.05) is 25.3 Å². The summed E-state index contributed by atoms with van der Waals surface area (Å²) in [7, 11) is 0. The first-order valence-electron chi connectivity index (χ1n) is 9.48. The molecule has 1 amide bonds. The molecule has 5 rings (SSSR count). The Balaban J connectivity index is 1.61. The van der Waals surface area contributed by atoms with Crippen molar-refractivity contribution in [3.63, 3.8) is 0 Å². The van der Waals surface area contributed by atoms with Gasteiger partial charge in [-0.25, -0.2) is 0 Å². The van der Waals surface area contributed by atoms with Gasteiger partial charge in [-0.05, 0) is 31.0 Å². The highest BCUT2D eigenvalue weighted by atomic mass is 16.7. The highest BCUT2D eigenvalue weighted by molar-refractivity contribution is 6.01. The zero-order chi connectivity index (χ0) is 20.0. The van der Waals surface area contributed by atoms with E-state index in [9.17, 15) is 14.9 Å². The quantitative estimate of drug-likeness (QED) is 0.625. The third-order valence-electron chi connectivity index (χ3n) is 5.46. The molecule has 0 aliphatic carbocycles. The summed E-state index contributed by atoms with van der Waals surface area (Å²) in [5.74, 6) is 0.566. The number of nitro groups is 1. The zero-order valence-corrected chi connectivity index (χ0v) is 15.5.